The molecule has 2 aromatic carbocycles. The van der Waals surface area contributed by atoms with Gasteiger partial charge in [0.15, 0.2) is 16.7 Å². The van der Waals surface area contributed by atoms with Crippen LogP contribution in [-0.2, 0) is 14.8 Å². The van der Waals surface area contributed by atoms with Gasteiger partial charge in [0.2, 0.25) is 0 Å². The van der Waals surface area contributed by atoms with Gasteiger partial charge in [0.25, 0.3) is 15.9 Å². The number of carbonyl (C=O) groups excluding carboxylic acids is 1. The lowest BCUT2D eigenvalue weighted by Crippen LogP contribution is -2.29. The van der Waals surface area contributed by atoms with Crippen LogP contribution in [0.25, 0.3) is 6.08 Å². The number of hydrogen-bond donors (Lipinski definition) is 0. The molecule has 1 aliphatic heterocycles. The molecular formula is C24H28N2O5S2. The summed E-state index contributed by atoms with van der Waals surface area (Å²) >= 11 is 1.04. The normalized spacial score (nSPS) is 16.6. The van der Waals surface area contributed by atoms with Crippen molar-refractivity contribution in [2.75, 3.05) is 20.3 Å². The Morgan fingerprint density at radius 3 is 2.45 bits per heavy atom. The number of thioether (sulfide) groups is 1. The van der Waals surface area contributed by atoms with Gasteiger partial charge in [-0.2, -0.15) is 8.42 Å². The number of amides is 1. The monoisotopic (exact) mass is 488 g/mol. The number of rotatable bonds is 9. The van der Waals surface area contributed by atoms with Crippen molar-refractivity contribution in [2.24, 2.45) is 4.40 Å². The Labute approximate surface area is 199 Å². The lowest BCUT2D eigenvalue weighted by atomic mass is 10.2. The van der Waals surface area contributed by atoms with E-state index < -0.39 is 10.0 Å². The third kappa shape index (κ3) is 5.97. The van der Waals surface area contributed by atoms with Crippen LogP contribution in [0, 0.1) is 6.92 Å². The first kappa shape index (κ1) is 24.9. The van der Waals surface area contributed by atoms with Gasteiger partial charge in [-0.3, -0.25) is 9.69 Å². The Bertz CT molecular complexity index is 1170. The fourth-order valence-electron chi connectivity index (χ4n) is 3.09. The number of unbranched alkanes of at least 4 members (excludes halogenated alkanes) is 1. The molecule has 9 heteroatoms. The molecule has 7 nitrogen and oxygen atoms in total. The maximum atomic E-state index is 12.9. The lowest BCUT2D eigenvalue weighted by molar-refractivity contribution is -0.122. The third-order valence-corrected chi connectivity index (χ3v) is 7.37. The summed E-state index contributed by atoms with van der Waals surface area (Å²) in [6, 6.07) is 11.9. The number of nitrogens with zero attached hydrogens (tertiary/aromatic N) is 2. The molecule has 1 saturated heterocycles. The van der Waals surface area contributed by atoms with E-state index in [-0.39, 0.29) is 16.0 Å². The SMILES string of the molecule is CCCCOc1ccc(/C=C2\SC(=NS(=O)(=O)c3ccc(C)cc3)N(CC)C2=O)cc1OC. The Hall–Kier alpha value is -2.78. The van der Waals surface area contributed by atoms with Crippen LogP contribution in [0.15, 0.2) is 56.7 Å². The highest BCUT2D eigenvalue weighted by molar-refractivity contribution is 8.19. The zero-order chi connectivity index (χ0) is 24.0. The van der Waals surface area contributed by atoms with Gasteiger partial charge < -0.3 is 9.47 Å². The highest BCUT2D eigenvalue weighted by atomic mass is 32.2. The molecule has 0 radical (unpaired) electrons. The number of amidine groups is 1. The van der Waals surface area contributed by atoms with Crippen LogP contribution in [0.2, 0.25) is 0 Å². The number of aryl methyl sites for hydroxylation is 1. The molecule has 3 rings (SSSR count). The third-order valence-electron chi connectivity index (χ3n) is 4.96. The average molecular weight is 489 g/mol. The maximum Gasteiger partial charge on any atom is 0.284 e. The molecule has 0 aromatic heterocycles. The Morgan fingerprint density at radius 1 is 1.09 bits per heavy atom. The minimum absolute atomic E-state index is 0.0885. The number of sulfonamides is 1. The van der Waals surface area contributed by atoms with E-state index in [2.05, 4.69) is 11.3 Å². The van der Waals surface area contributed by atoms with E-state index in [1.54, 1.807) is 44.4 Å². The zero-order valence-corrected chi connectivity index (χ0v) is 20.8. The van der Waals surface area contributed by atoms with Crippen molar-refractivity contribution in [1.29, 1.82) is 0 Å². The highest BCUT2D eigenvalue weighted by Gasteiger charge is 2.34. The summed E-state index contributed by atoms with van der Waals surface area (Å²) in [7, 11) is -2.38. The zero-order valence-electron chi connectivity index (χ0n) is 19.2. The molecule has 0 N–H and O–H groups in total. The van der Waals surface area contributed by atoms with Crippen LogP contribution in [0.1, 0.15) is 37.8 Å². The molecule has 0 spiro atoms. The van der Waals surface area contributed by atoms with Gasteiger partial charge in [-0.15, -0.1) is 4.40 Å². The summed E-state index contributed by atoms with van der Waals surface area (Å²) in [6.45, 7) is 6.65. The summed E-state index contributed by atoms with van der Waals surface area (Å²) < 4.78 is 40.7. The molecule has 176 valence electrons. The number of ether oxygens (including phenoxy) is 2. The summed E-state index contributed by atoms with van der Waals surface area (Å²) in [5.41, 5.74) is 1.69. The number of carbonyl (C=O) groups is 1. The second kappa shape index (κ2) is 10.9. The number of hydrogen-bond acceptors (Lipinski definition) is 6. The minimum Gasteiger partial charge on any atom is -0.493 e. The predicted molar refractivity (Wildman–Crippen MR) is 132 cm³/mol. The van der Waals surface area contributed by atoms with Gasteiger partial charge in [0.05, 0.1) is 23.5 Å². The van der Waals surface area contributed by atoms with Crippen molar-refractivity contribution in [1.82, 2.24) is 4.90 Å². The molecule has 2 aromatic rings. The van der Waals surface area contributed by atoms with E-state index in [0.29, 0.717) is 29.6 Å². The number of benzene rings is 2. The van der Waals surface area contributed by atoms with Crippen molar-refractivity contribution in [3.8, 4) is 11.5 Å². The minimum atomic E-state index is -3.94. The molecule has 0 saturated carbocycles. The van der Waals surface area contributed by atoms with Gasteiger partial charge >= 0.3 is 0 Å². The van der Waals surface area contributed by atoms with E-state index in [1.807, 2.05) is 13.0 Å². The second-order valence-corrected chi connectivity index (χ2v) is 10.0. The summed E-state index contributed by atoms with van der Waals surface area (Å²) in [6.07, 6.45) is 3.68. The van der Waals surface area contributed by atoms with Gasteiger partial charge in [-0.25, -0.2) is 0 Å². The first-order valence-electron chi connectivity index (χ1n) is 10.7. The van der Waals surface area contributed by atoms with Crippen LogP contribution < -0.4 is 9.47 Å². The Balaban J connectivity index is 1.89. The van der Waals surface area contributed by atoms with E-state index in [0.717, 1.165) is 35.7 Å². The van der Waals surface area contributed by atoms with Crippen molar-refractivity contribution >= 4 is 38.9 Å². The molecule has 0 atom stereocenters. The molecule has 0 aliphatic carbocycles. The largest absolute Gasteiger partial charge is 0.493 e. The predicted octanol–water partition coefficient (Wildman–Crippen LogP) is 4.86. The van der Waals surface area contributed by atoms with E-state index in [1.165, 1.54) is 17.0 Å². The van der Waals surface area contributed by atoms with Crippen LogP contribution in [0.3, 0.4) is 0 Å². The fourth-order valence-corrected chi connectivity index (χ4v) is 5.34. The Morgan fingerprint density at radius 2 is 1.82 bits per heavy atom. The van der Waals surface area contributed by atoms with Crippen LogP contribution in [-0.4, -0.2) is 44.7 Å². The summed E-state index contributed by atoms with van der Waals surface area (Å²) in [5, 5.41) is 0.140. The van der Waals surface area contributed by atoms with Crippen LogP contribution in [0.5, 0.6) is 11.5 Å². The first-order chi connectivity index (χ1) is 15.8. The maximum absolute atomic E-state index is 12.9. The van der Waals surface area contributed by atoms with E-state index >= 15 is 0 Å². The van der Waals surface area contributed by atoms with Gasteiger partial charge in [0, 0.05) is 6.54 Å². The quantitative estimate of drug-likeness (QED) is 0.370. The van der Waals surface area contributed by atoms with Crippen molar-refractivity contribution in [3.05, 3.63) is 58.5 Å². The smallest absolute Gasteiger partial charge is 0.284 e. The topological polar surface area (TPSA) is 85.3 Å². The standard InChI is InChI=1S/C24H28N2O5S2/c1-5-7-14-31-20-13-10-18(15-21(20)30-4)16-22-23(27)26(6-2)24(32-22)25-33(28,29)19-11-8-17(3)9-12-19/h8-13,15-16H,5-7,14H2,1-4H3/b22-16-,25-24?. The molecule has 1 amide bonds. The van der Waals surface area contributed by atoms with Crippen molar-refractivity contribution in [2.45, 2.75) is 38.5 Å². The van der Waals surface area contributed by atoms with E-state index in [4.69, 9.17) is 9.47 Å². The van der Waals surface area contributed by atoms with Gasteiger partial charge in [-0.1, -0.05) is 37.1 Å². The summed E-state index contributed by atoms with van der Waals surface area (Å²) in [4.78, 5) is 14.8. The fraction of sp³-hybridized carbons (Fsp3) is 0.333. The van der Waals surface area contributed by atoms with Crippen LogP contribution in [0.4, 0.5) is 0 Å². The molecular weight excluding hydrogens is 460 g/mol. The second-order valence-electron chi connectivity index (χ2n) is 7.43. The molecule has 0 bridgehead atoms. The molecule has 33 heavy (non-hydrogen) atoms. The number of likely N-dealkylation sites (N-methyl/N-ethyl adjacent to an activating group) is 1. The molecule has 0 unspecified atom stereocenters. The van der Waals surface area contributed by atoms with Crippen LogP contribution >= 0.6 is 11.8 Å². The van der Waals surface area contributed by atoms with Gasteiger partial charge in [0.1, 0.15) is 0 Å². The van der Waals surface area contributed by atoms with Crippen molar-refractivity contribution in [3.63, 3.8) is 0 Å². The van der Waals surface area contributed by atoms with E-state index in [9.17, 15) is 13.2 Å². The Kier molecular flexibility index (Phi) is 8.20. The molecule has 1 heterocycles. The summed E-state index contributed by atoms with van der Waals surface area (Å²) in [5.74, 6) is 0.918. The van der Waals surface area contributed by atoms with Crippen molar-refractivity contribution < 1.29 is 22.7 Å². The van der Waals surface area contributed by atoms with Gasteiger partial charge in [-0.05, 0) is 67.9 Å². The molecule has 1 aliphatic rings. The average Bonchev–Trinajstić information content (AvgIpc) is 3.08. The first-order valence-corrected chi connectivity index (χ1v) is 13.0. The molecule has 1 fully saturated rings. The lowest BCUT2D eigenvalue weighted by Gasteiger charge is -2.12. The number of methoxy groups -OCH3 is 1. The highest BCUT2D eigenvalue weighted by Crippen LogP contribution is 2.35.